The summed E-state index contributed by atoms with van der Waals surface area (Å²) in [5.74, 6) is 0.442. The summed E-state index contributed by atoms with van der Waals surface area (Å²) in [7, 11) is 0. The Morgan fingerprint density at radius 1 is 1.59 bits per heavy atom. The minimum absolute atomic E-state index is 0.141. The summed E-state index contributed by atoms with van der Waals surface area (Å²) < 4.78 is 0. The smallest absolute Gasteiger partial charge is 0.270 e. The van der Waals surface area contributed by atoms with Crippen LogP contribution in [0.4, 0.5) is 5.82 Å². The van der Waals surface area contributed by atoms with Crippen molar-refractivity contribution in [3.63, 3.8) is 0 Å². The van der Waals surface area contributed by atoms with Crippen molar-refractivity contribution in [2.75, 3.05) is 11.9 Å². The fourth-order valence-electron chi connectivity index (χ4n) is 1.15. The third-order valence-corrected chi connectivity index (χ3v) is 2.32. The second-order valence-electron chi connectivity index (χ2n) is 3.74. The number of carbonyl (C=O) groups excluding carboxylic acids is 1. The number of aromatic nitrogens is 2. The van der Waals surface area contributed by atoms with E-state index in [4.69, 9.17) is 0 Å². The van der Waals surface area contributed by atoms with Crippen LogP contribution in [0.3, 0.4) is 0 Å². The van der Waals surface area contributed by atoms with Crippen molar-refractivity contribution >= 4 is 11.7 Å². The van der Waals surface area contributed by atoms with Crippen molar-refractivity contribution in [1.29, 1.82) is 0 Å². The molecule has 0 saturated carbocycles. The highest BCUT2D eigenvalue weighted by Crippen LogP contribution is 2.04. The molecule has 0 aliphatic heterocycles. The zero-order valence-electron chi connectivity index (χ0n) is 10.2. The number of carbonyl (C=O) groups is 1. The molecule has 17 heavy (non-hydrogen) atoms. The topological polar surface area (TPSA) is 66.9 Å². The lowest BCUT2D eigenvalue weighted by Gasteiger charge is -2.11. The van der Waals surface area contributed by atoms with Gasteiger partial charge in [0, 0.05) is 18.7 Å². The van der Waals surface area contributed by atoms with Crippen LogP contribution in [0.15, 0.2) is 25.0 Å². The Balaban J connectivity index is 2.69. The van der Waals surface area contributed by atoms with Crippen molar-refractivity contribution in [2.45, 2.75) is 26.3 Å². The molecule has 0 aliphatic rings. The van der Waals surface area contributed by atoms with E-state index in [-0.39, 0.29) is 11.9 Å². The second-order valence-corrected chi connectivity index (χ2v) is 3.74. The Kier molecular flexibility index (Phi) is 5.13. The molecule has 1 heterocycles. The average Bonchev–Trinajstić information content (AvgIpc) is 2.36. The summed E-state index contributed by atoms with van der Waals surface area (Å²) in [6.45, 7) is 8.17. The van der Waals surface area contributed by atoms with E-state index in [1.807, 2.05) is 13.8 Å². The van der Waals surface area contributed by atoms with E-state index in [1.54, 1.807) is 12.1 Å². The van der Waals surface area contributed by atoms with Gasteiger partial charge in [-0.3, -0.25) is 4.79 Å². The normalized spacial score (nSPS) is 11.6. The van der Waals surface area contributed by atoms with Gasteiger partial charge in [0.25, 0.3) is 5.91 Å². The zero-order valence-corrected chi connectivity index (χ0v) is 10.2. The summed E-state index contributed by atoms with van der Waals surface area (Å²) in [6, 6.07) is 1.77. The van der Waals surface area contributed by atoms with Crippen LogP contribution in [-0.2, 0) is 0 Å². The standard InChI is InChI=1S/C12H18N4O/c1-4-6-13-11-7-10(14-8-15-11)12(17)16-9(3)5-2/h4,7-9H,1,5-6H2,2-3H3,(H,16,17)(H,13,14,15). The highest BCUT2D eigenvalue weighted by molar-refractivity contribution is 5.93. The summed E-state index contributed by atoms with van der Waals surface area (Å²) in [4.78, 5) is 19.7. The van der Waals surface area contributed by atoms with Crippen LogP contribution >= 0.6 is 0 Å². The summed E-state index contributed by atoms with van der Waals surface area (Å²) in [5, 5.41) is 5.86. The fraction of sp³-hybridized carbons (Fsp3) is 0.417. The Bertz CT molecular complexity index is 392. The molecule has 1 rings (SSSR count). The fourth-order valence-corrected chi connectivity index (χ4v) is 1.15. The maximum atomic E-state index is 11.8. The predicted octanol–water partition coefficient (Wildman–Crippen LogP) is 1.60. The first kappa shape index (κ1) is 13.2. The van der Waals surface area contributed by atoms with Crippen molar-refractivity contribution in [1.82, 2.24) is 15.3 Å². The number of rotatable bonds is 6. The van der Waals surface area contributed by atoms with Gasteiger partial charge < -0.3 is 10.6 Å². The van der Waals surface area contributed by atoms with Gasteiger partial charge in [0.15, 0.2) is 0 Å². The molecular formula is C12H18N4O. The maximum absolute atomic E-state index is 11.8. The van der Waals surface area contributed by atoms with Crippen LogP contribution in [0.5, 0.6) is 0 Å². The largest absolute Gasteiger partial charge is 0.366 e. The third-order valence-electron chi connectivity index (χ3n) is 2.32. The summed E-state index contributed by atoms with van der Waals surface area (Å²) >= 11 is 0. The van der Waals surface area contributed by atoms with Gasteiger partial charge in [0.2, 0.25) is 0 Å². The lowest BCUT2D eigenvalue weighted by Crippen LogP contribution is -2.32. The number of nitrogens with zero attached hydrogens (tertiary/aromatic N) is 2. The lowest BCUT2D eigenvalue weighted by atomic mass is 10.2. The van der Waals surface area contributed by atoms with Crippen LogP contribution in [0, 0.1) is 0 Å². The van der Waals surface area contributed by atoms with E-state index in [0.29, 0.717) is 18.1 Å². The zero-order chi connectivity index (χ0) is 12.7. The molecule has 1 amide bonds. The van der Waals surface area contributed by atoms with Crippen molar-refractivity contribution in [3.05, 3.63) is 30.7 Å². The van der Waals surface area contributed by atoms with Crippen LogP contribution in [0.1, 0.15) is 30.8 Å². The minimum Gasteiger partial charge on any atom is -0.366 e. The number of anilines is 1. The number of nitrogens with one attached hydrogen (secondary N) is 2. The molecule has 92 valence electrons. The number of hydrogen-bond donors (Lipinski definition) is 2. The first-order chi connectivity index (χ1) is 8.17. The monoisotopic (exact) mass is 234 g/mol. The predicted molar refractivity (Wildman–Crippen MR) is 67.9 cm³/mol. The van der Waals surface area contributed by atoms with Gasteiger partial charge in [-0.05, 0) is 13.3 Å². The quantitative estimate of drug-likeness (QED) is 0.734. The third kappa shape index (κ3) is 4.22. The molecule has 0 fully saturated rings. The molecule has 1 unspecified atom stereocenters. The maximum Gasteiger partial charge on any atom is 0.270 e. The Morgan fingerprint density at radius 3 is 3.00 bits per heavy atom. The first-order valence-electron chi connectivity index (χ1n) is 5.65. The van der Waals surface area contributed by atoms with Gasteiger partial charge in [-0.1, -0.05) is 13.0 Å². The number of hydrogen-bond acceptors (Lipinski definition) is 4. The highest BCUT2D eigenvalue weighted by atomic mass is 16.1. The molecule has 1 aromatic heterocycles. The van der Waals surface area contributed by atoms with Gasteiger partial charge in [-0.15, -0.1) is 6.58 Å². The van der Waals surface area contributed by atoms with E-state index >= 15 is 0 Å². The molecule has 5 nitrogen and oxygen atoms in total. The minimum atomic E-state index is -0.177. The molecule has 1 aromatic rings. The van der Waals surface area contributed by atoms with Gasteiger partial charge in [-0.2, -0.15) is 0 Å². The van der Waals surface area contributed by atoms with Crippen LogP contribution in [0.2, 0.25) is 0 Å². The van der Waals surface area contributed by atoms with Crippen molar-refractivity contribution < 1.29 is 4.79 Å². The SMILES string of the molecule is C=CCNc1cc(C(=O)NC(C)CC)ncn1. The van der Waals surface area contributed by atoms with E-state index in [9.17, 15) is 4.79 Å². The van der Waals surface area contributed by atoms with Gasteiger partial charge in [-0.25, -0.2) is 9.97 Å². The van der Waals surface area contributed by atoms with Gasteiger partial charge in [0.05, 0.1) is 0 Å². The number of amides is 1. The molecule has 0 bridgehead atoms. The van der Waals surface area contributed by atoms with Crippen LogP contribution in [0.25, 0.3) is 0 Å². The van der Waals surface area contributed by atoms with Gasteiger partial charge in [0.1, 0.15) is 17.8 Å². The van der Waals surface area contributed by atoms with Crippen molar-refractivity contribution in [3.8, 4) is 0 Å². The van der Waals surface area contributed by atoms with Crippen LogP contribution in [-0.4, -0.2) is 28.5 Å². The summed E-state index contributed by atoms with van der Waals surface area (Å²) in [6.07, 6.45) is 3.98. The molecule has 2 N–H and O–H groups in total. The molecule has 0 radical (unpaired) electrons. The van der Waals surface area contributed by atoms with Crippen molar-refractivity contribution in [2.24, 2.45) is 0 Å². The Hall–Kier alpha value is -1.91. The molecule has 0 aliphatic carbocycles. The molecule has 0 aromatic carbocycles. The van der Waals surface area contributed by atoms with E-state index in [2.05, 4.69) is 27.2 Å². The molecule has 5 heteroatoms. The molecular weight excluding hydrogens is 216 g/mol. The Morgan fingerprint density at radius 2 is 2.35 bits per heavy atom. The van der Waals surface area contributed by atoms with Gasteiger partial charge >= 0.3 is 0 Å². The van der Waals surface area contributed by atoms with E-state index < -0.39 is 0 Å². The molecule has 0 saturated heterocycles. The van der Waals surface area contributed by atoms with E-state index in [1.165, 1.54) is 6.33 Å². The molecule has 1 atom stereocenters. The second kappa shape index (κ2) is 6.62. The van der Waals surface area contributed by atoms with E-state index in [0.717, 1.165) is 6.42 Å². The van der Waals surface area contributed by atoms with Crippen LogP contribution < -0.4 is 10.6 Å². The highest BCUT2D eigenvalue weighted by Gasteiger charge is 2.10. The molecule has 0 spiro atoms. The average molecular weight is 234 g/mol. The lowest BCUT2D eigenvalue weighted by molar-refractivity contribution is 0.0934. The summed E-state index contributed by atoms with van der Waals surface area (Å²) in [5.41, 5.74) is 0.367. The Labute approximate surface area is 101 Å². The first-order valence-corrected chi connectivity index (χ1v) is 5.65.